The number of rotatable bonds is 2. The summed E-state index contributed by atoms with van der Waals surface area (Å²) in [5.74, 6) is -2.22. The second-order valence-corrected chi connectivity index (χ2v) is 3.23. The second-order valence-electron chi connectivity index (χ2n) is 3.23. The maximum Gasteiger partial charge on any atom is 1.00 e. The van der Waals surface area contributed by atoms with E-state index in [-0.39, 0.29) is 64.6 Å². The van der Waals surface area contributed by atoms with Crippen LogP contribution in [0.2, 0.25) is 0 Å². The van der Waals surface area contributed by atoms with E-state index in [1.165, 1.54) is 0 Å². The van der Waals surface area contributed by atoms with Gasteiger partial charge in [-0.1, -0.05) is 0 Å². The normalized spacial score (nSPS) is 27.4. The topological polar surface area (TPSA) is 74.6 Å². The van der Waals surface area contributed by atoms with Crippen LogP contribution in [-0.4, -0.2) is 22.2 Å². The fraction of sp³-hybridized carbons (Fsp3) is 0.750. The minimum atomic E-state index is -0.793. The van der Waals surface area contributed by atoms with Gasteiger partial charge in [-0.2, -0.15) is 0 Å². The SMILES string of the molecule is O=C(O)C1CCC(C(=O)O)CC1.[H-].[K+]. The molecule has 70 valence electrons. The van der Waals surface area contributed by atoms with Gasteiger partial charge in [-0.05, 0) is 25.7 Å². The molecule has 13 heavy (non-hydrogen) atoms. The molecule has 4 nitrogen and oxygen atoms in total. The third-order valence-electron chi connectivity index (χ3n) is 2.43. The molecule has 1 aliphatic rings. The molecule has 0 unspecified atom stereocenters. The van der Waals surface area contributed by atoms with Gasteiger partial charge in [0.25, 0.3) is 0 Å². The number of carboxylic acid groups (broad SMARTS) is 2. The summed E-state index contributed by atoms with van der Waals surface area (Å²) in [6.45, 7) is 0. The Morgan fingerprint density at radius 1 is 0.923 bits per heavy atom. The largest absolute Gasteiger partial charge is 1.00 e. The Labute approximate surface area is 121 Å². The van der Waals surface area contributed by atoms with E-state index in [1.54, 1.807) is 0 Å². The molecule has 5 heteroatoms. The van der Waals surface area contributed by atoms with Crippen molar-refractivity contribution in [1.29, 1.82) is 0 Å². The summed E-state index contributed by atoms with van der Waals surface area (Å²) in [7, 11) is 0. The van der Waals surface area contributed by atoms with E-state index in [9.17, 15) is 9.59 Å². The zero-order valence-corrected chi connectivity index (χ0v) is 10.8. The summed E-state index contributed by atoms with van der Waals surface area (Å²) >= 11 is 0. The van der Waals surface area contributed by atoms with Crippen LogP contribution in [0.1, 0.15) is 27.1 Å². The van der Waals surface area contributed by atoms with Gasteiger partial charge in [-0.15, -0.1) is 0 Å². The maximum absolute atomic E-state index is 10.5. The molecule has 0 radical (unpaired) electrons. The standard InChI is InChI=1S/C8H12O4.K.H/c9-7(10)5-1-2-6(4-3-5)8(11)12;;/h5-6H,1-4H2,(H,9,10)(H,11,12);;/q;+1;-1. The van der Waals surface area contributed by atoms with Crippen LogP contribution in [0.5, 0.6) is 0 Å². The molecule has 0 spiro atoms. The smallest absolute Gasteiger partial charge is 1.00 e. The van der Waals surface area contributed by atoms with Gasteiger partial charge in [-0.25, -0.2) is 0 Å². The van der Waals surface area contributed by atoms with Crippen LogP contribution < -0.4 is 51.4 Å². The van der Waals surface area contributed by atoms with Crippen LogP contribution in [0.3, 0.4) is 0 Å². The van der Waals surface area contributed by atoms with Crippen molar-refractivity contribution in [2.24, 2.45) is 11.8 Å². The molecule has 1 fully saturated rings. The second kappa shape index (κ2) is 6.13. The number of hydrogen-bond acceptors (Lipinski definition) is 2. The van der Waals surface area contributed by atoms with E-state index in [0.29, 0.717) is 25.7 Å². The zero-order chi connectivity index (χ0) is 9.14. The fourth-order valence-corrected chi connectivity index (χ4v) is 1.59. The van der Waals surface area contributed by atoms with Crippen molar-refractivity contribution in [3.8, 4) is 0 Å². The van der Waals surface area contributed by atoms with Crippen molar-refractivity contribution >= 4 is 11.9 Å². The monoisotopic (exact) mass is 212 g/mol. The summed E-state index contributed by atoms with van der Waals surface area (Å²) in [6, 6.07) is 0. The summed E-state index contributed by atoms with van der Waals surface area (Å²) in [6.07, 6.45) is 2.03. The zero-order valence-electron chi connectivity index (χ0n) is 8.69. The van der Waals surface area contributed by atoms with E-state index < -0.39 is 11.9 Å². The third kappa shape index (κ3) is 4.08. The van der Waals surface area contributed by atoms with Crippen molar-refractivity contribution in [2.75, 3.05) is 0 Å². The van der Waals surface area contributed by atoms with Crippen molar-refractivity contribution in [3.05, 3.63) is 0 Å². The van der Waals surface area contributed by atoms with Gasteiger partial charge >= 0.3 is 63.3 Å². The van der Waals surface area contributed by atoms with Crippen molar-refractivity contribution in [2.45, 2.75) is 25.7 Å². The number of carbonyl (C=O) groups is 2. The Hall–Kier alpha value is 0.576. The summed E-state index contributed by atoms with van der Waals surface area (Å²) in [5, 5.41) is 17.2. The molecular weight excluding hydrogens is 199 g/mol. The number of hydrogen-bond donors (Lipinski definition) is 2. The quantitative estimate of drug-likeness (QED) is 0.523. The van der Waals surface area contributed by atoms with Crippen LogP contribution in [0.15, 0.2) is 0 Å². The van der Waals surface area contributed by atoms with Gasteiger partial charge < -0.3 is 11.6 Å². The predicted molar refractivity (Wildman–Crippen MR) is 41.8 cm³/mol. The molecule has 1 rings (SSSR count). The molecule has 0 aliphatic heterocycles. The Morgan fingerprint density at radius 3 is 1.31 bits per heavy atom. The van der Waals surface area contributed by atoms with E-state index >= 15 is 0 Å². The van der Waals surface area contributed by atoms with Crippen LogP contribution in [0, 0.1) is 11.8 Å². The van der Waals surface area contributed by atoms with Crippen LogP contribution in [0.25, 0.3) is 0 Å². The van der Waals surface area contributed by atoms with Crippen molar-refractivity contribution in [1.82, 2.24) is 0 Å². The Morgan fingerprint density at radius 2 is 1.15 bits per heavy atom. The molecule has 0 saturated heterocycles. The van der Waals surface area contributed by atoms with Gasteiger partial charge in [-0.3, -0.25) is 9.59 Å². The summed E-state index contributed by atoms with van der Waals surface area (Å²) in [4.78, 5) is 21.0. The molecule has 0 amide bonds. The van der Waals surface area contributed by atoms with Crippen LogP contribution in [-0.2, 0) is 9.59 Å². The molecule has 1 aliphatic carbocycles. The van der Waals surface area contributed by atoms with E-state index in [4.69, 9.17) is 10.2 Å². The van der Waals surface area contributed by atoms with Gasteiger partial charge in [0.15, 0.2) is 0 Å². The molecule has 0 aromatic carbocycles. The van der Waals surface area contributed by atoms with Crippen molar-refractivity contribution < 1.29 is 72.6 Å². The molecular formula is C8H13KO4. The molecule has 0 bridgehead atoms. The van der Waals surface area contributed by atoms with Gasteiger partial charge in [0.2, 0.25) is 0 Å². The fourth-order valence-electron chi connectivity index (χ4n) is 1.59. The Kier molecular flexibility index (Phi) is 6.41. The average molecular weight is 212 g/mol. The van der Waals surface area contributed by atoms with E-state index in [1.807, 2.05) is 0 Å². The molecule has 0 aromatic rings. The molecule has 0 atom stereocenters. The Balaban J connectivity index is 0. The van der Waals surface area contributed by atoms with Crippen LogP contribution in [0.4, 0.5) is 0 Å². The van der Waals surface area contributed by atoms with Gasteiger partial charge in [0.1, 0.15) is 0 Å². The predicted octanol–water partition coefficient (Wildman–Crippen LogP) is -1.92. The number of aliphatic carboxylic acids is 2. The maximum atomic E-state index is 10.5. The molecule has 1 saturated carbocycles. The van der Waals surface area contributed by atoms with Crippen molar-refractivity contribution in [3.63, 3.8) is 0 Å². The first-order valence-electron chi connectivity index (χ1n) is 4.07. The Bertz CT molecular complexity index is 180. The minimum absolute atomic E-state index is 0. The van der Waals surface area contributed by atoms with Gasteiger partial charge in [0.05, 0.1) is 11.8 Å². The first kappa shape index (κ1) is 13.6. The van der Waals surface area contributed by atoms with E-state index in [2.05, 4.69) is 0 Å². The average Bonchev–Trinajstić information content (AvgIpc) is 2.04. The third-order valence-corrected chi connectivity index (χ3v) is 2.43. The molecule has 0 heterocycles. The molecule has 0 aromatic heterocycles. The first-order valence-corrected chi connectivity index (χ1v) is 4.07. The van der Waals surface area contributed by atoms with E-state index in [0.717, 1.165) is 0 Å². The number of carboxylic acids is 2. The minimum Gasteiger partial charge on any atom is -1.00 e. The molecule has 2 N–H and O–H groups in total. The summed E-state index contributed by atoms with van der Waals surface area (Å²) in [5.41, 5.74) is 0. The first-order chi connectivity index (χ1) is 5.61. The van der Waals surface area contributed by atoms with Crippen LogP contribution >= 0.6 is 0 Å². The summed E-state index contributed by atoms with van der Waals surface area (Å²) < 4.78 is 0. The van der Waals surface area contributed by atoms with Gasteiger partial charge in [0, 0.05) is 0 Å².